The van der Waals surface area contributed by atoms with Crippen molar-refractivity contribution in [3.63, 3.8) is 0 Å². The number of amides is 1. The molecule has 0 aliphatic heterocycles. The molecule has 0 heterocycles. The minimum atomic E-state index is -0.993. The van der Waals surface area contributed by atoms with E-state index < -0.39 is 5.97 Å². The lowest BCUT2D eigenvalue weighted by atomic mass is 10.1. The maximum absolute atomic E-state index is 12.3. The van der Waals surface area contributed by atoms with E-state index in [1.54, 1.807) is 24.1 Å². The molecule has 0 atom stereocenters. The zero-order chi connectivity index (χ0) is 17.5. The number of carbonyl (C=O) groups excluding carboxylic acids is 1. The molecule has 0 saturated heterocycles. The molecule has 0 aromatic heterocycles. The van der Waals surface area contributed by atoms with Gasteiger partial charge in [-0.3, -0.25) is 4.79 Å². The van der Waals surface area contributed by atoms with Gasteiger partial charge in [0.2, 0.25) is 5.91 Å². The Morgan fingerprint density at radius 1 is 1.08 bits per heavy atom. The molecule has 2 aromatic carbocycles. The average Bonchev–Trinajstić information content (AvgIpc) is 2.57. The van der Waals surface area contributed by atoms with E-state index in [2.05, 4.69) is 0 Å². The lowest BCUT2D eigenvalue weighted by Crippen LogP contribution is -2.27. The fourth-order valence-electron chi connectivity index (χ4n) is 2.34. The van der Waals surface area contributed by atoms with Crippen LogP contribution in [0.1, 0.15) is 28.4 Å². The number of rotatable bonds is 7. The zero-order valence-corrected chi connectivity index (χ0v) is 13.9. The summed E-state index contributed by atoms with van der Waals surface area (Å²) in [6.45, 7) is 3.04. The molecule has 2 rings (SSSR count). The van der Waals surface area contributed by atoms with Gasteiger partial charge in [-0.25, -0.2) is 4.79 Å². The summed E-state index contributed by atoms with van der Waals surface area (Å²) in [5, 5.41) is 9.00. The summed E-state index contributed by atoms with van der Waals surface area (Å²) >= 11 is 0. The predicted octanol–water partition coefficient (Wildman–Crippen LogP) is 2.98. The molecule has 0 bridgehead atoms. The number of likely N-dealkylation sites (N-methyl/N-ethyl adjacent to an activating group) is 1. The second kappa shape index (κ2) is 8.15. The number of carboxylic acids is 1. The van der Waals surface area contributed by atoms with Gasteiger partial charge in [-0.05, 0) is 42.3 Å². The molecule has 0 fully saturated rings. The maximum atomic E-state index is 12.3. The van der Waals surface area contributed by atoms with Gasteiger partial charge in [-0.15, -0.1) is 0 Å². The van der Waals surface area contributed by atoms with Crippen molar-refractivity contribution in [3.8, 4) is 5.75 Å². The Bertz CT molecular complexity index is 710. The number of benzene rings is 2. The van der Waals surface area contributed by atoms with Crippen molar-refractivity contribution in [1.29, 1.82) is 0 Å². The number of hydrogen-bond acceptors (Lipinski definition) is 3. The Hall–Kier alpha value is -2.82. The molecule has 0 saturated carbocycles. The Morgan fingerprint density at radius 2 is 1.79 bits per heavy atom. The van der Waals surface area contributed by atoms with Crippen molar-refractivity contribution in [1.82, 2.24) is 4.90 Å². The Balaban J connectivity index is 1.96. The van der Waals surface area contributed by atoms with Gasteiger partial charge >= 0.3 is 5.97 Å². The number of hydrogen-bond donors (Lipinski definition) is 1. The molecule has 1 N–H and O–H groups in total. The molecule has 0 spiro atoms. The predicted molar refractivity (Wildman–Crippen MR) is 91.2 cm³/mol. The monoisotopic (exact) mass is 327 g/mol. The summed E-state index contributed by atoms with van der Waals surface area (Å²) in [6.07, 6.45) is 0.175. The molecule has 1 amide bonds. The van der Waals surface area contributed by atoms with E-state index in [1.165, 1.54) is 12.1 Å². The number of carbonyl (C=O) groups is 2. The molecular weight excluding hydrogens is 306 g/mol. The van der Waals surface area contributed by atoms with Crippen LogP contribution < -0.4 is 4.74 Å². The minimum Gasteiger partial charge on any atom is -0.494 e. The van der Waals surface area contributed by atoms with Crippen LogP contribution in [0, 0.1) is 0 Å². The van der Waals surface area contributed by atoms with Crippen LogP contribution in [0.2, 0.25) is 0 Å². The molecule has 0 unspecified atom stereocenters. The largest absolute Gasteiger partial charge is 0.494 e. The van der Waals surface area contributed by atoms with E-state index in [1.807, 2.05) is 31.2 Å². The van der Waals surface area contributed by atoms with Crippen molar-refractivity contribution in [2.24, 2.45) is 0 Å². The molecule has 5 heteroatoms. The van der Waals surface area contributed by atoms with E-state index >= 15 is 0 Å². The van der Waals surface area contributed by atoms with Gasteiger partial charge in [0.05, 0.1) is 18.6 Å². The summed E-state index contributed by atoms with van der Waals surface area (Å²) in [6, 6.07) is 14.1. The van der Waals surface area contributed by atoms with Gasteiger partial charge < -0.3 is 14.7 Å². The number of aromatic carboxylic acids is 1. The van der Waals surface area contributed by atoms with Gasteiger partial charge in [0, 0.05) is 13.6 Å². The van der Waals surface area contributed by atoms with Gasteiger partial charge in [0.1, 0.15) is 5.75 Å². The second-order valence-corrected chi connectivity index (χ2v) is 5.51. The average molecular weight is 327 g/mol. The van der Waals surface area contributed by atoms with E-state index in [0.717, 1.165) is 11.3 Å². The molecule has 0 aliphatic rings. The fourth-order valence-corrected chi connectivity index (χ4v) is 2.34. The van der Waals surface area contributed by atoms with Crippen LogP contribution >= 0.6 is 0 Å². The van der Waals surface area contributed by atoms with E-state index in [4.69, 9.17) is 9.84 Å². The summed E-state index contributed by atoms with van der Waals surface area (Å²) in [4.78, 5) is 24.9. The highest BCUT2D eigenvalue weighted by Gasteiger charge is 2.12. The smallest absolute Gasteiger partial charge is 0.335 e. The second-order valence-electron chi connectivity index (χ2n) is 5.51. The topological polar surface area (TPSA) is 66.8 Å². The highest BCUT2D eigenvalue weighted by atomic mass is 16.5. The first kappa shape index (κ1) is 17.5. The van der Waals surface area contributed by atoms with Gasteiger partial charge in [0.15, 0.2) is 0 Å². The van der Waals surface area contributed by atoms with Crippen LogP contribution in [0.25, 0.3) is 0 Å². The number of nitrogens with zero attached hydrogens (tertiary/aromatic N) is 1. The van der Waals surface area contributed by atoms with E-state index in [9.17, 15) is 9.59 Å². The molecule has 0 radical (unpaired) electrons. The fraction of sp³-hybridized carbons (Fsp3) is 0.263. The van der Waals surface area contributed by atoms with Crippen LogP contribution in [0.5, 0.6) is 5.75 Å². The Kier molecular flexibility index (Phi) is 5.95. The molecule has 5 nitrogen and oxygen atoms in total. The minimum absolute atomic E-state index is 0.0635. The van der Waals surface area contributed by atoms with E-state index in [-0.39, 0.29) is 17.9 Å². The third-order valence-corrected chi connectivity index (χ3v) is 3.61. The molecule has 0 aliphatic carbocycles. The molecular formula is C19H21NO4. The molecule has 126 valence electrons. The molecule has 2 aromatic rings. The van der Waals surface area contributed by atoms with E-state index in [0.29, 0.717) is 18.7 Å². The summed E-state index contributed by atoms with van der Waals surface area (Å²) < 4.78 is 5.39. The van der Waals surface area contributed by atoms with Gasteiger partial charge in [-0.1, -0.05) is 24.3 Å². The van der Waals surface area contributed by atoms with Crippen LogP contribution in [-0.2, 0) is 17.8 Å². The number of ether oxygens (including phenoxy) is 1. The standard InChI is InChI=1S/C19H21NO4/c1-3-24-17-9-7-14(8-10-17)13-20(2)18(21)12-15-5-4-6-16(11-15)19(22)23/h4-11H,3,12-13H2,1-2H3,(H,22,23). The third kappa shape index (κ3) is 4.84. The quantitative estimate of drug-likeness (QED) is 0.849. The van der Waals surface area contributed by atoms with Crippen LogP contribution in [0.3, 0.4) is 0 Å². The first-order valence-electron chi connectivity index (χ1n) is 7.77. The highest BCUT2D eigenvalue weighted by Crippen LogP contribution is 2.14. The summed E-state index contributed by atoms with van der Waals surface area (Å²) in [5.41, 5.74) is 1.89. The molecule has 24 heavy (non-hydrogen) atoms. The van der Waals surface area contributed by atoms with Crippen molar-refractivity contribution >= 4 is 11.9 Å². The van der Waals surface area contributed by atoms with Crippen LogP contribution in [-0.4, -0.2) is 35.5 Å². The normalized spacial score (nSPS) is 10.2. The maximum Gasteiger partial charge on any atom is 0.335 e. The van der Waals surface area contributed by atoms with Crippen molar-refractivity contribution < 1.29 is 19.4 Å². The van der Waals surface area contributed by atoms with Crippen LogP contribution in [0.15, 0.2) is 48.5 Å². The zero-order valence-electron chi connectivity index (χ0n) is 13.9. The lowest BCUT2D eigenvalue weighted by molar-refractivity contribution is -0.129. The van der Waals surface area contributed by atoms with Crippen molar-refractivity contribution in [2.45, 2.75) is 19.9 Å². The van der Waals surface area contributed by atoms with Crippen molar-refractivity contribution in [3.05, 3.63) is 65.2 Å². The lowest BCUT2D eigenvalue weighted by Gasteiger charge is -2.17. The van der Waals surface area contributed by atoms with Gasteiger partial charge in [0.25, 0.3) is 0 Å². The third-order valence-electron chi connectivity index (χ3n) is 3.61. The summed E-state index contributed by atoms with van der Waals surface area (Å²) in [5.74, 6) is -0.251. The first-order chi connectivity index (χ1) is 11.5. The Labute approximate surface area is 141 Å². The van der Waals surface area contributed by atoms with Crippen molar-refractivity contribution in [2.75, 3.05) is 13.7 Å². The SMILES string of the molecule is CCOc1ccc(CN(C)C(=O)Cc2cccc(C(=O)O)c2)cc1. The van der Waals surface area contributed by atoms with Crippen LogP contribution in [0.4, 0.5) is 0 Å². The van der Waals surface area contributed by atoms with Gasteiger partial charge in [-0.2, -0.15) is 0 Å². The Morgan fingerprint density at radius 3 is 2.42 bits per heavy atom. The number of carboxylic acid groups (broad SMARTS) is 1. The summed E-state index contributed by atoms with van der Waals surface area (Å²) in [7, 11) is 1.74. The first-order valence-corrected chi connectivity index (χ1v) is 7.77. The highest BCUT2D eigenvalue weighted by molar-refractivity contribution is 5.88.